The topological polar surface area (TPSA) is 92.7 Å². The quantitative estimate of drug-likeness (QED) is 0.773. The Morgan fingerprint density at radius 2 is 2.00 bits per heavy atom. The number of rotatable bonds is 4. The van der Waals surface area contributed by atoms with Crippen molar-refractivity contribution in [1.82, 2.24) is 8.87 Å². The molecule has 1 saturated heterocycles. The molecule has 2 aromatic rings. The molecule has 1 N–H and O–H groups in total. The number of benzene rings is 1. The molecule has 1 aromatic heterocycles. The van der Waals surface area contributed by atoms with E-state index in [2.05, 4.69) is 0 Å². The van der Waals surface area contributed by atoms with Crippen molar-refractivity contribution >= 4 is 27.0 Å². The predicted octanol–water partition coefficient (Wildman–Crippen LogP) is -0.120. The number of aliphatic carboxylic acids is 1. The van der Waals surface area contributed by atoms with E-state index in [1.54, 1.807) is 29.7 Å². The summed E-state index contributed by atoms with van der Waals surface area (Å²) in [6.45, 7) is 2.99. The fourth-order valence-electron chi connectivity index (χ4n) is 2.96. The Hall–Kier alpha value is -1.97. The van der Waals surface area contributed by atoms with Crippen molar-refractivity contribution in [1.29, 1.82) is 0 Å². The van der Waals surface area contributed by atoms with Gasteiger partial charge in [-0.1, -0.05) is 0 Å². The fraction of sp³-hybridized carbons (Fsp3) is 0.467. The van der Waals surface area contributed by atoms with Gasteiger partial charge in [-0.3, -0.25) is 0 Å². The maximum atomic E-state index is 12.8. The molecule has 9 heteroatoms. The molecule has 24 heavy (non-hydrogen) atoms. The molecule has 0 radical (unpaired) electrons. The van der Waals surface area contributed by atoms with Gasteiger partial charge in [-0.2, -0.15) is 4.31 Å². The van der Waals surface area contributed by atoms with Crippen LogP contribution in [-0.2, 0) is 33.1 Å². The summed E-state index contributed by atoms with van der Waals surface area (Å²) in [4.78, 5) is 11.3. The van der Waals surface area contributed by atoms with Crippen LogP contribution in [0.1, 0.15) is 5.82 Å². The average molecular weight is 354 g/mol. The van der Waals surface area contributed by atoms with Gasteiger partial charge in [0, 0.05) is 26.1 Å². The highest BCUT2D eigenvalue weighted by Gasteiger charge is 2.29. The molecule has 0 saturated carbocycles. The van der Waals surface area contributed by atoms with Crippen LogP contribution in [-0.4, -0.2) is 54.7 Å². The number of morpholine rings is 1. The summed E-state index contributed by atoms with van der Waals surface area (Å²) >= 11 is 0. The maximum absolute atomic E-state index is 12.8. The minimum absolute atomic E-state index is 0.168. The monoisotopic (exact) mass is 354 g/mol. The van der Waals surface area contributed by atoms with Crippen LogP contribution in [0.4, 0.5) is 0 Å². The van der Waals surface area contributed by atoms with Gasteiger partial charge in [0.2, 0.25) is 10.0 Å². The van der Waals surface area contributed by atoms with Gasteiger partial charge in [0.15, 0.2) is 17.6 Å². The first-order valence-corrected chi connectivity index (χ1v) is 9.05. The molecule has 0 amide bonds. The predicted molar refractivity (Wildman–Crippen MR) is 85.1 cm³/mol. The van der Waals surface area contributed by atoms with Crippen molar-refractivity contribution in [3.63, 3.8) is 0 Å². The van der Waals surface area contributed by atoms with Gasteiger partial charge in [0.05, 0.1) is 25.2 Å². The first kappa shape index (κ1) is 16.9. The smallest absolute Gasteiger partial charge is 0.346 e. The van der Waals surface area contributed by atoms with Crippen LogP contribution in [0.5, 0.6) is 0 Å². The van der Waals surface area contributed by atoms with Crippen LogP contribution in [0.2, 0.25) is 0 Å². The third kappa shape index (κ3) is 2.79. The lowest BCUT2D eigenvalue weighted by molar-refractivity contribution is -0.652. The van der Waals surface area contributed by atoms with E-state index in [0.717, 1.165) is 11.3 Å². The number of carboxylic acid groups (broad SMARTS) is 1. The van der Waals surface area contributed by atoms with Gasteiger partial charge < -0.3 is 9.84 Å². The lowest BCUT2D eigenvalue weighted by Crippen LogP contribution is -2.40. The van der Waals surface area contributed by atoms with E-state index >= 15 is 0 Å². The van der Waals surface area contributed by atoms with Crippen LogP contribution in [0, 0.1) is 6.92 Å². The van der Waals surface area contributed by atoms with Crippen LogP contribution < -0.4 is 4.57 Å². The largest absolute Gasteiger partial charge is 0.478 e. The van der Waals surface area contributed by atoms with Gasteiger partial charge in [-0.15, -0.1) is 0 Å². The van der Waals surface area contributed by atoms with E-state index in [9.17, 15) is 13.2 Å². The first-order valence-electron chi connectivity index (χ1n) is 7.61. The van der Waals surface area contributed by atoms with Gasteiger partial charge in [0.25, 0.3) is 5.82 Å². The van der Waals surface area contributed by atoms with Gasteiger partial charge in [-0.25, -0.2) is 22.3 Å². The number of carbonyl (C=O) groups is 1. The molecule has 0 bridgehead atoms. The van der Waals surface area contributed by atoms with E-state index in [1.807, 2.05) is 11.6 Å². The molecule has 0 atom stereocenters. The van der Waals surface area contributed by atoms with Crippen molar-refractivity contribution in [3.8, 4) is 0 Å². The van der Waals surface area contributed by atoms with Crippen LogP contribution in [0.3, 0.4) is 0 Å². The van der Waals surface area contributed by atoms with E-state index in [1.165, 1.54) is 4.31 Å². The average Bonchev–Trinajstić information content (AvgIpc) is 2.80. The zero-order chi connectivity index (χ0) is 17.5. The number of hydrogen-bond donors (Lipinski definition) is 1. The molecule has 0 aliphatic carbocycles. The van der Waals surface area contributed by atoms with Crippen LogP contribution in [0.25, 0.3) is 11.0 Å². The number of aryl methyl sites for hydroxylation is 1. The second-order valence-corrected chi connectivity index (χ2v) is 7.69. The molecule has 0 unspecified atom stereocenters. The Balaban J connectivity index is 2.12. The Morgan fingerprint density at radius 3 is 2.62 bits per heavy atom. The van der Waals surface area contributed by atoms with Crippen LogP contribution >= 0.6 is 0 Å². The summed E-state index contributed by atoms with van der Waals surface area (Å²) in [7, 11) is -1.79. The van der Waals surface area contributed by atoms with E-state index < -0.39 is 16.0 Å². The summed E-state index contributed by atoms with van der Waals surface area (Å²) in [5.74, 6) is -0.231. The maximum Gasteiger partial charge on any atom is 0.346 e. The summed E-state index contributed by atoms with van der Waals surface area (Å²) in [5.41, 5.74) is 1.38. The summed E-state index contributed by atoms with van der Waals surface area (Å²) in [5, 5.41) is 9.12. The van der Waals surface area contributed by atoms with Gasteiger partial charge >= 0.3 is 5.97 Å². The molecule has 1 aliphatic heterocycles. The number of aromatic nitrogens is 2. The second kappa shape index (κ2) is 6.15. The molecule has 8 nitrogen and oxygen atoms in total. The molecular weight excluding hydrogens is 334 g/mol. The number of sulfonamides is 1. The molecule has 0 spiro atoms. The first-order chi connectivity index (χ1) is 11.3. The van der Waals surface area contributed by atoms with Crippen molar-refractivity contribution in [2.24, 2.45) is 7.05 Å². The highest BCUT2D eigenvalue weighted by Crippen LogP contribution is 2.22. The molecule has 1 aromatic carbocycles. The number of imidazole rings is 1. The van der Waals surface area contributed by atoms with Gasteiger partial charge in [-0.05, 0) is 12.1 Å². The fourth-order valence-corrected chi connectivity index (χ4v) is 4.39. The number of carboxylic acids is 1. The van der Waals surface area contributed by atoms with Crippen molar-refractivity contribution in [2.45, 2.75) is 18.4 Å². The number of ether oxygens (including phenoxy) is 1. The Bertz CT molecular complexity index is 897. The molecular formula is C15H20N3O5S+. The van der Waals surface area contributed by atoms with Crippen molar-refractivity contribution in [2.75, 3.05) is 26.3 Å². The third-order valence-corrected chi connectivity index (χ3v) is 6.27. The Morgan fingerprint density at radius 1 is 1.33 bits per heavy atom. The second-order valence-electron chi connectivity index (χ2n) is 5.75. The Kier molecular flexibility index (Phi) is 4.33. The van der Waals surface area contributed by atoms with E-state index in [4.69, 9.17) is 9.84 Å². The number of fused-ring (bicyclic) bond motifs is 1. The number of hydrogen-bond acceptors (Lipinski definition) is 4. The summed E-state index contributed by atoms with van der Waals surface area (Å²) < 4.78 is 35.6. The van der Waals surface area contributed by atoms with E-state index in [0.29, 0.717) is 31.8 Å². The molecule has 2 heterocycles. The highest BCUT2D eigenvalue weighted by molar-refractivity contribution is 7.89. The zero-order valence-corrected chi connectivity index (χ0v) is 14.4. The van der Waals surface area contributed by atoms with Crippen LogP contribution in [0.15, 0.2) is 23.1 Å². The lowest BCUT2D eigenvalue weighted by Gasteiger charge is -2.25. The van der Waals surface area contributed by atoms with Crippen molar-refractivity contribution < 1.29 is 27.6 Å². The minimum atomic E-state index is -3.62. The normalized spacial score (nSPS) is 16.6. The lowest BCUT2D eigenvalue weighted by atomic mass is 10.3. The number of nitrogens with zero attached hydrogens (tertiary/aromatic N) is 3. The standard InChI is InChI=1S/C15H19N3O5S/c1-11-16(2)13-4-3-12(9-14(13)18(11)10-15(19)20)24(21,22)17-5-7-23-8-6-17/h3-4,9H,5-8,10H2,1-2H3/p+1. The highest BCUT2D eigenvalue weighted by atomic mass is 32.2. The summed E-state index contributed by atoms with van der Waals surface area (Å²) in [6.07, 6.45) is 0. The third-order valence-electron chi connectivity index (χ3n) is 4.38. The molecule has 3 rings (SSSR count). The zero-order valence-electron chi connectivity index (χ0n) is 13.6. The molecule has 1 aliphatic rings. The van der Waals surface area contributed by atoms with Crippen molar-refractivity contribution in [3.05, 3.63) is 24.0 Å². The Labute approximate surface area is 139 Å². The molecule has 1 fully saturated rings. The molecule has 130 valence electrons. The van der Waals surface area contributed by atoms with E-state index in [-0.39, 0.29) is 11.4 Å². The minimum Gasteiger partial charge on any atom is -0.478 e. The van der Waals surface area contributed by atoms with Gasteiger partial charge in [0.1, 0.15) is 0 Å². The summed E-state index contributed by atoms with van der Waals surface area (Å²) in [6, 6.07) is 4.84. The SMILES string of the molecule is Cc1n(CC(=O)O)c2cc(S(=O)(=O)N3CCOCC3)ccc2[n+]1C.